The van der Waals surface area contributed by atoms with Crippen molar-refractivity contribution in [3.05, 3.63) is 83.9 Å². The maximum absolute atomic E-state index is 12.6. The van der Waals surface area contributed by atoms with Gasteiger partial charge in [0.1, 0.15) is 18.4 Å². The molecule has 1 aromatic heterocycles. The Morgan fingerprint density at radius 1 is 1.19 bits per heavy atom. The molecule has 0 radical (unpaired) electrons. The molecule has 0 saturated carbocycles. The summed E-state index contributed by atoms with van der Waals surface area (Å²) in [5.74, 6) is 0.181. The quantitative estimate of drug-likeness (QED) is 0.362. The number of carbonyl (C=O) groups excluding carboxylic acids is 2. The molecule has 9 nitrogen and oxygen atoms in total. The fourth-order valence-electron chi connectivity index (χ4n) is 2.70. The number of carbonyl (C=O) groups is 2. The van der Waals surface area contributed by atoms with Crippen LogP contribution in [0.2, 0.25) is 0 Å². The molecule has 0 bridgehead atoms. The minimum absolute atomic E-state index is 0.0963. The van der Waals surface area contributed by atoms with E-state index in [0.717, 1.165) is 11.1 Å². The van der Waals surface area contributed by atoms with E-state index in [1.807, 2.05) is 42.5 Å². The summed E-state index contributed by atoms with van der Waals surface area (Å²) in [7, 11) is 1.57. The average molecular weight is 421 g/mol. The van der Waals surface area contributed by atoms with Crippen molar-refractivity contribution in [3.63, 3.8) is 0 Å². The van der Waals surface area contributed by atoms with Crippen LogP contribution in [0.25, 0.3) is 0 Å². The molecule has 0 spiro atoms. The van der Waals surface area contributed by atoms with Crippen LogP contribution in [0.15, 0.2) is 72.2 Å². The first-order valence-electron chi connectivity index (χ1n) is 9.55. The summed E-state index contributed by atoms with van der Waals surface area (Å²) in [6.45, 7) is 0.0963. The second-order valence-corrected chi connectivity index (χ2v) is 6.55. The molecular formula is C22H23N5O4. The average Bonchev–Trinajstić information content (AvgIpc) is 3.31. The Hall–Kier alpha value is -4.14. The molecule has 3 N–H and O–H groups in total. The molecule has 1 heterocycles. The zero-order chi connectivity index (χ0) is 21.9. The molecule has 0 saturated heterocycles. The SMILES string of the molecule is COc1cccc(/C=N\NC(=O)[C@H](Cc2cnc[nH]2)NC(=O)OCc2ccccc2)c1. The predicted octanol–water partition coefficient (Wildman–Crippen LogP) is 2.41. The lowest BCUT2D eigenvalue weighted by Gasteiger charge is -2.16. The number of amides is 2. The van der Waals surface area contributed by atoms with E-state index in [9.17, 15) is 9.59 Å². The molecule has 3 rings (SSSR count). The van der Waals surface area contributed by atoms with Crippen LogP contribution in [0.4, 0.5) is 4.79 Å². The van der Waals surface area contributed by atoms with Crippen molar-refractivity contribution in [2.24, 2.45) is 5.10 Å². The van der Waals surface area contributed by atoms with E-state index in [0.29, 0.717) is 11.4 Å². The Morgan fingerprint density at radius 3 is 2.77 bits per heavy atom. The van der Waals surface area contributed by atoms with Crippen molar-refractivity contribution in [1.82, 2.24) is 20.7 Å². The molecule has 0 aliphatic rings. The van der Waals surface area contributed by atoms with Gasteiger partial charge in [0.15, 0.2) is 0 Å². The number of H-pyrrole nitrogens is 1. The number of alkyl carbamates (subject to hydrolysis) is 1. The van der Waals surface area contributed by atoms with Crippen LogP contribution in [0.5, 0.6) is 5.75 Å². The maximum Gasteiger partial charge on any atom is 0.408 e. The lowest BCUT2D eigenvalue weighted by molar-refractivity contribution is -0.123. The summed E-state index contributed by atoms with van der Waals surface area (Å²) in [6.07, 6.45) is 4.05. The molecule has 1 atom stereocenters. The molecule has 3 aromatic rings. The third-order valence-electron chi connectivity index (χ3n) is 4.28. The fraction of sp³-hybridized carbons (Fsp3) is 0.182. The maximum atomic E-state index is 12.6. The normalized spacial score (nSPS) is 11.6. The number of imidazole rings is 1. The van der Waals surface area contributed by atoms with Gasteiger partial charge in [-0.3, -0.25) is 4.79 Å². The van der Waals surface area contributed by atoms with Gasteiger partial charge in [-0.25, -0.2) is 15.2 Å². The molecule has 0 aliphatic heterocycles. The lowest BCUT2D eigenvalue weighted by atomic mass is 10.1. The number of nitrogens with one attached hydrogen (secondary N) is 3. The summed E-state index contributed by atoms with van der Waals surface area (Å²) in [5.41, 5.74) is 4.72. The van der Waals surface area contributed by atoms with Crippen LogP contribution in [0.3, 0.4) is 0 Å². The number of benzene rings is 2. The fourth-order valence-corrected chi connectivity index (χ4v) is 2.70. The number of ether oxygens (including phenoxy) is 2. The van der Waals surface area contributed by atoms with Gasteiger partial charge in [-0.1, -0.05) is 42.5 Å². The summed E-state index contributed by atoms with van der Waals surface area (Å²) in [6, 6.07) is 15.6. The van der Waals surface area contributed by atoms with Gasteiger partial charge >= 0.3 is 6.09 Å². The van der Waals surface area contributed by atoms with Crippen LogP contribution in [0, 0.1) is 0 Å². The minimum Gasteiger partial charge on any atom is -0.497 e. The van der Waals surface area contributed by atoms with Crippen molar-refractivity contribution < 1.29 is 19.1 Å². The largest absolute Gasteiger partial charge is 0.497 e. The summed E-state index contributed by atoms with van der Waals surface area (Å²) in [4.78, 5) is 31.7. The number of methoxy groups -OCH3 is 1. The highest BCUT2D eigenvalue weighted by Crippen LogP contribution is 2.10. The van der Waals surface area contributed by atoms with Crippen LogP contribution in [-0.2, 0) is 22.6 Å². The van der Waals surface area contributed by atoms with E-state index >= 15 is 0 Å². The summed E-state index contributed by atoms with van der Waals surface area (Å²) < 4.78 is 10.4. The van der Waals surface area contributed by atoms with Gasteiger partial charge in [0, 0.05) is 18.3 Å². The van der Waals surface area contributed by atoms with Gasteiger partial charge in [0.2, 0.25) is 0 Å². The highest BCUT2D eigenvalue weighted by molar-refractivity contribution is 5.87. The van der Waals surface area contributed by atoms with Gasteiger partial charge in [-0.05, 0) is 23.3 Å². The van der Waals surface area contributed by atoms with Crippen LogP contribution in [-0.4, -0.2) is 41.3 Å². The highest BCUT2D eigenvalue weighted by atomic mass is 16.5. The van der Waals surface area contributed by atoms with Gasteiger partial charge in [-0.15, -0.1) is 0 Å². The van der Waals surface area contributed by atoms with Crippen LogP contribution >= 0.6 is 0 Å². The van der Waals surface area contributed by atoms with Crippen LogP contribution < -0.4 is 15.5 Å². The Kier molecular flexibility index (Phi) is 7.76. The number of nitrogens with zero attached hydrogens (tertiary/aromatic N) is 2. The summed E-state index contributed by atoms with van der Waals surface area (Å²) in [5, 5.41) is 6.55. The lowest BCUT2D eigenvalue weighted by Crippen LogP contribution is -2.47. The van der Waals surface area contributed by atoms with Gasteiger partial charge in [-0.2, -0.15) is 5.10 Å². The van der Waals surface area contributed by atoms with E-state index in [1.165, 1.54) is 12.5 Å². The third kappa shape index (κ3) is 7.00. The van der Waals surface area contributed by atoms with Crippen molar-refractivity contribution in [1.29, 1.82) is 0 Å². The molecule has 0 fully saturated rings. The second kappa shape index (κ2) is 11.1. The van der Waals surface area contributed by atoms with Crippen molar-refractivity contribution in [3.8, 4) is 5.75 Å². The van der Waals surface area contributed by atoms with E-state index < -0.39 is 18.0 Å². The van der Waals surface area contributed by atoms with Gasteiger partial charge in [0.05, 0.1) is 19.7 Å². The number of hydrogen-bond acceptors (Lipinski definition) is 6. The molecule has 160 valence electrons. The zero-order valence-corrected chi connectivity index (χ0v) is 16.9. The first-order chi connectivity index (χ1) is 15.1. The summed E-state index contributed by atoms with van der Waals surface area (Å²) >= 11 is 0. The van der Waals surface area contributed by atoms with E-state index in [1.54, 1.807) is 25.4 Å². The standard InChI is InChI=1S/C22H23N5O4/c1-30-19-9-5-8-17(10-19)12-25-27-21(28)20(11-18-13-23-15-24-18)26-22(29)31-14-16-6-3-2-4-7-16/h2-10,12-13,15,20H,11,14H2,1H3,(H,23,24)(H,26,29)(H,27,28)/b25-12-/t20-/m0/s1. The number of aromatic amines is 1. The van der Waals surface area contributed by atoms with Gasteiger partial charge in [0.25, 0.3) is 5.91 Å². The molecule has 9 heteroatoms. The topological polar surface area (TPSA) is 118 Å². The number of hydrogen-bond donors (Lipinski definition) is 3. The van der Waals surface area contributed by atoms with E-state index in [-0.39, 0.29) is 13.0 Å². The van der Waals surface area contributed by atoms with E-state index in [4.69, 9.17) is 9.47 Å². The first kappa shape index (κ1) is 21.6. The highest BCUT2D eigenvalue weighted by Gasteiger charge is 2.22. The smallest absolute Gasteiger partial charge is 0.408 e. The molecule has 0 aliphatic carbocycles. The number of hydrazone groups is 1. The molecule has 0 unspecified atom stereocenters. The predicted molar refractivity (Wildman–Crippen MR) is 115 cm³/mol. The van der Waals surface area contributed by atoms with Crippen LogP contribution in [0.1, 0.15) is 16.8 Å². The van der Waals surface area contributed by atoms with Crippen molar-refractivity contribution in [2.75, 3.05) is 7.11 Å². The molecule has 2 aromatic carbocycles. The molecule has 31 heavy (non-hydrogen) atoms. The second-order valence-electron chi connectivity index (χ2n) is 6.55. The Morgan fingerprint density at radius 2 is 2.03 bits per heavy atom. The first-order valence-corrected chi connectivity index (χ1v) is 9.55. The Bertz CT molecular complexity index is 1010. The number of aromatic nitrogens is 2. The third-order valence-corrected chi connectivity index (χ3v) is 4.28. The Labute approximate surface area is 179 Å². The minimum atomic E-state index is -0.911. The molecule has 2 amide bonds. The van der Waals surface area contributed by atoms with Crippen molar-refractivity contribution >= 4 is 18.2 Å². The van der Waals surface area contributed by atoms with E-state index in [2.05, 4.69) is 25.8 Å². The Balaban J connectivity index is 1.59. The number of rotatable bonds is 9. The van der Waals surface area contributed by atoms with Crippen molar-refractivity contribution in [2.45, 2.75) is 19.1 Å². The zero-order valence-electron chi connectivity index (χ0n) is 16.9. The molecular weight excluding hydrogens is 398 g/mol. The monoisotopic (exact) mass is 421 g/mol. The van der Waals surface area contributed by atoms with Gasteiger partial charge < -0.3 is 19.8 Å².